The van der Waals surface area contributed by atoms with Gasteiger partial charge in [0.25, 0.3) is 0 Å². The number of aromatic nitrogens is 1. The Balaban J connectivity index is 2.49. The van der Waals surface area contributed by atoms with E-state index in [4.69, 9.17) is 5.73 Å². The third-order valence-electron chi connectivity index (χ3n) is 2.60. The Morgan fingerprint density at radius 3 is 2.80 bits per heavy atom. The largest absolute Gasteiger partial charge is 0.325 e. The Hall–Kier alpha value is -1.19. The summed E-state index contributed by atoms with van der Waals surface area (Å²) in [6, 6.07) is 6.30. The lowest BCUT2D eigenvalue weighted by Gasteiger charge is -2.04. The molecule has 2 rings (SSSR count). The third-order valence-corrected chi connectivity index (χ3v) is 3.52. The number of rotatable bonds is 2. The van der Waals surface area contributed by atoms with Gasteiger partial charge in [0.15, 0.2) is 0 Å². The molecule has 1 aromatic heterocycles. The second-order valence-electron chi connectivity index (χ2n) is 3.60. The molecule has 0 amide bonds. The van der Waals surface area contributed by atoms with Crippen molar-refractivity contribution in [3.63, 3.8) is 0 Å². The smallest absolute Gasteiger partial charge is 0.123 e. The lowest BCUT2D eigenvalue weighted by molar-refractivity contribution is 1.01. The van der Waals surface area contributed by atoms with Gasteiger partial charge in [0.1, 0.15) is 5.01 Å². The molecule has 0 aliphatic heterocycles. The van der Waals surface area contributed by atoms with Crippen molar-refractivity contribution in [1.29, 1.82) is 0 Å². The first-order valence-electron chi connectivity index (χ1n) is 4.93. The van der Waals surface area contributed by atoms with E-state index < -0.39 is 0 Å². The third kappa shape index (κ3) is 1.94. The molecule has 0 bridgehead atoms. The van der Waals surface area contributed by atoms with Gasteiger partial charge in [0.05, 0.1) is 5.69 Å². The first kappa shape index (κ1) is 10.3. The molecule has 0 spiro atoms. The Kier molecular flexibility index (Phi) is 2.84. The highest BCUT2D eigenvalue weighted by Crippen LogP contribution is 2.28. The maximum atomic E-state index is 5.55. The summed E-state index contributed by atoms with van der Waals surface area (Å²) in [5.41, 5.74) is 10.3. The second kappa shape index (κ2) is 4.13. The van der Waals surface area contributed by atoms with E-state index >= 15 is 0 Å². The van der Waals surface area contributed by atoms with Crippen LogP contribution in [-0.4, -0.2) is 4.98 Å². The zero-order valence-corrected chi connectivity index (χ0v) is 9.77. The Morgan fingerprint density at radius 2 is 2.13 bits per heavy atom. The summed E-state index contributed by atoms with van der Waals surface area (Å²) in [6.07, 6.45) is 0. The fraction of sp³-hybridized carbons (Fsp3) is 0.250. The molecule has 0 fully saturated rings. The summed E-state index contributed by atoms with van der Waals surface area (Å²) in [4.78, 5) is 4.49. The van der Waals surface area contributed by atoms with Crippen molar-refractivity contribution in [1.82, 2.24) is 4.98 Å². The monoisotopic (exact) mass is 218 g/mol. The van der Waals surface area contributed by atoms with Crippen LogP contribution < -0.4 is 5.73 Å². The summed E-state index contributed by atoms with van der Waals surface area (Å²) >= 11 is 1.66. The number of thiazole rings is 1. The molecule has 2 nitrogen and oxygen atoms in total. The van der Waals surface area contributed by atoms with E-state index in [9.17, 15) is 0 Å². The SMILES string of the molecule is Cc1cccc(-c2nc(CN)cs2)c1C. The highest BCUT2D eigenvalue weighted by molar-refractivity contribution is 7.13. The minimum absolute atomic E-state index is 0.515. The van der Waals surface area contributed by atoms with Gasteiger partial charge in [-0.3, -0.25) is 0 Å². The van der Waals surface area contributed by atoms with Crippen LogP contribution in [0, 0.1) is 13.8 Å². The maximum absolute atomic E-state index is 5.55. The summed E-state index contributed by atoms with van der Waals surface area (Å²) in [5, 5.41) is 3.09. The average molecular weight is 218 g/mol. The van der Waals surface area contributed by atoms with Crippen LogP contribution in [0.3, 0.4) is 0 Å². The normalized spacial score (nSPS) is 10.6. The van der Waals surface area contributed by atoms with Crippen molar-refractivity contribution in [3.05, 3.63) is 40.4 Å². The molecule has 0 atom stereocenters. The molecule has 2 aromatic rings. The van der Waals surface area contributed by atoms with Crippen LogP contribution in [-0.2, 0) is 6.54 Å². The number of hydrogen-bond donors (Lipinski definition) is 1. The molecule has 0 saturated heterocycles. The molecule has 1 aromatic carbocycles. The van der Waals surface area contributed by atoms with Gasteiger partial charge >= 0.3 is 0 Å². The van der Waals surface area contributed by atoms with Crippen LogP contribution in [0.25, 0.3) is 10.6 Å². The second-order valence-corrected chi connectivity index (χ2v) is 4.45. The number of hydrogen-bond acceptors (Lipinski definition) is 3. The first-order chi connectivity index (χ1) is 7.22. The van der Waals surface area contributed by atoms with Crippen LogP contribution in [0.4, 0.5) is 0 Å². The lowest BCUT2D eigenvalue weighted by Crippen LogP contribution is -1.96. The van der Waals surface area contributed by atoms with E-state index in [0.29, 0.717) is 6.54 Å². The average Bonchev–Trinajstić information content (AvgIpc) is 2.70. The molecule has 0 aliphatic carbocycles. The van der Waals surface area contributed by atoms with Gasteiger partial charge in [-0.25, -0.2) is 4.98 Å². The van der Waals surface area contributed by atoms with E-state index in [2.05, 4.69) is 37.0 Å². The standard InChI is InChI=1S/C12H14N2S/c1-8-4-3-5-11(9(8)2)12-14-10(6-13)7-15-12/h3-5,7H,6,13H2,1-2H3. The Bertz CT molecular complexity index is 474. The zero-order chi connectivity index (χ0) is 10.8. The molecule has 1 heterocycles. The number of aryl methyl sites for hydroxylation is 1. The van der Waals surface area contributed by atoms with Crippen LogP contribution >= 0.6 is 11.3 Å². The van der Waals surface area contributed by atoms with Gasteiger partial charge < -0.3 is 5.73 Å². The quantitative estimate of drug-likeness (QED) is 0.841. The zero-order valence-electron chi connectivity index (χ0n) is 8.95. The number of benzene rings is 1. The van der Waals surface area contributed by atoms with Crippen LogP contribution in [0.15, 0.2) is 23.6 Å². The molecular formula is C12H14N2S. The summed E-state index contributed by atoms with van der Waals surface area (Å²) < 4.78 is 0. The van der Waals surface area contributed by atoms with E-state index in [-0.39, 0.29) is 0 Å². The molecule has 3 heteroatoms. The van der Waals surface area contributed by atoms with Crippen molar-refractivity contribution in [2.45, 2.75) is 20.4 Å². The fourth-order valence-electron chi connectivity index (χ4n) is 1.51. The van der Waals surface area contributed by atoms with E-state index in [1.165, 1.54) is 16.7 Å². The van der Waals surface area contributed by atoms with Gasteiger partial charge in [0.2, 0.25) is 0 Å². The predicted molar refractivity (Wildman–Crippen MR) is 64.9 cm³/mol. The van der Waals surface area contributed by atoms with Gasteiger partial charge in [0, 0.05) is 17.5 Å². The van der Waals surface area contributed by atoms with Crippen molar-refractivity contribution >= 4 is 11.3 Å². The summed E-state index contributed by atoms with van der Waals surface area (Å²) in [7, 11) is 0. The minimum atomic E-state index is 0.515. The van der Waals surface area contributed by atoms with Gasteiger partial charge in [-0.05, 0) is 25.0 Å². The van der Waals surface area contributed by atoms with Crippen molar-refractivity contribution in [2.75, 3.05) is 0 Å². The minimum Gasteiger partial charge on any atom is -0.325 e. The van der Waals surface area contributed by atoms with Gasteiger partial charge in [-0.2, -0.15) is 0 Å². The van der Waals surface area contributed by atoms with Crippen LogP contribution in [0.2, 0.25) is 0 Å². The molecule has 15 heavy (non-hydrogen) atoms. The summed E-state index contributed by atoms with van der Waals surface area (Å²) in [5.74, 6) is 0. The van der Waals surface area contributed by atoms with Crippen LogP contribution in [0.5, 0.6) is 0 Å². The molecular weight excluding hydrogens is 204 g/mol. The highest BCUT2D eigenvalue weighted by atomic mass is 32.1. The molecule has 78 valence electrons. The Morgan fingerprint density at radius 1 is 1.33 bits per heavy atom. The topological polar surface area (TPSA) is 38.9 Å². The molecule has 0 radical (unpaired) electrons. The van der Waals surface area contributed by atoms with Crippen molar-refractivity contribution < 1.29 is 0 Å². The van der Waals surface area contributed by atoms with Gasteiger partial charge in [-0.1, -0.05) is 18.2 Å². The fourth-order valence-corrected chi connectivity index (χ4v) is 2.42. The molecule has 0 saturated carbocycles. The first-order valence-corrected chi connectivity index (χ1v) is 5.81. The molecule has 0 aliphatic rings. The van der Waals surface area contributed by atoms with Crippen molar-refractivity contribution in [2.24, 2.45) is 5.73 Å². The maximum Gasteiger partial charge on any atom is 0.123 e. The van der Waals surface area contributed by atoms with E-state index in [0.717, 1.165) is 10.7 Å². The molecule has 2 N–H and O–H groups in total. The molecule has 0 unspecified atom stereocenters. The van der Waals surface area contributed by atoms with Gasteiger partial charge in [-0.15, -0.1) is 11.3 Å². The number of nitrogens with zero attached hydrogens (tertiary/aromatic N) is 1. The van der Waals surface area contributed by atoms with Crippen LogP contribution in [0.1, 0.15) is 16.8 Å². The number of nitrogens with two attached hydrogens (primary N) is 1. The predicted octanol–water partition coefficient (Wildman–Crippen LogP) is 2.89. The van der Waals surface area contributed by atoms with E-state index in [1.807, 2.05) is 5.38 Å². The van der Waals surface area contributed by atoms with Crippen molar-refractivity contribution in [3.8, 4) is 10.6 Å². The Labute approximate surface area is 93.8 Å². The highest BCUT2D eigenvalue weighted by Gasteiger charge is 2.07. The van der Waals surface area contributed by atoms with E-state index in [1.54, 1.807) is 11.3 Å². The summed E-state index contributed by atoms with van der Waals surface area (Å²) in [6.45, 7) is 4.77. The lowest BCUT2D eigenvalue weighted by atomic mass is 10.0.